The van der Waals surface area contributed by atoms with E-state index in [4.69, 9.17) is 5.10 Å². The van der Waals surface area contributed by atoms with Gasteiger partial charge in [-0.1, -0.05) is 54.6 Å². The Morgan fingerprint density at radius 2 is 1.12 bits per heavy atom. The first-order valence-corrected chi connectivity index (χ1v) is 11.1. The van der Waals surface area contributed by atoms with Crippen LogP contribution in [0.1, 0.15) is 22.5 Å². The Morgan fingerprint density at radius 3 is 1.64 bits per heavy atom. The van der Waals surface area contributed by atoms with Gasteiger partial charge in [0, 0.05) is 39.6 Å². The average Bonchev–Trinajstić information content (AvgIpc) is 3.25. The lowest BCUT2D eigenvalue weighted by Gasteiger charge is -2.11. The first-order chi connectivity index (χ1) is 16.0. The third-order valence-corrected chi connectivity index (χ3v) is 5.47. The van der Waals surface area contributed by atoms with Crippen molar-refractivity contribution in [3.63, 3.8) is 0 Å². The largest absolute Gasteiger partial charge is 0.378 e. The van der Waals surface area contributed by atoms with Crippen LogP contribution in [0, 0.1) is 0 Å². The fraction of sp³-hybridized carbons (Fsp3) is 0.138. The molecule has 33 heavy (non-hydrogen) atoms. The van der Waals surface area contributed by atoms with Crippen LogP contribution in [0.5, 0.6) is 0 Å². The predicted octanol–water partition coefficient (Wildman–Crippen LogP) is 6.35. The number of hydrogen-bond acceptors (Lipinski definition) is 3. The lowest BCUT2D eigenvalue weighted by atomic mass is 10.1. The van der Waals surface area contributed by atoms with Gasteiger partial charge in [-0.3, -0.25) is 0 Å². The molecule has 0 spiro atoms. The van der Waals surface area contributed by atoms with E-state index in [2.05, 4.69) is 115 Å². The molecule has 0 bridgehead atoms. The van der Waals surface area contributed by atoms with Crippen molar-refractivity contribution in [2.45, 2.75) is 0 Å². The van der Waals surface area contributed by atoms with Gasteiger partial charge in [-0.15, -0.1) is 0 Å². The van der Waals surface area contributed by atoms with Crippen molar-refractivity contribution < 1.29 is 0 Å². The van der Waals surface area contributed by atoms with Crippen molar-refractivity contribution >= 4 is 35.7 Å². The Kier molecular flexibility index (Phi) is 6.75. The molecule has 4 aromatic rings. The van der Waals surface area contributed by atoms with Crippen molar-refractivity contribution in [2.24, 2.45) is 0 Å². The van der Waals surface area contributed by atoms with Gasteiger partial charge in [0.2, 0.25) is 0 Å². The van der Waals surface area contributed by atoms with E-state index < -0.39 is 0 Å². The number of hydrogen-bond donors (Lipinski definition) is 0. The van der Waals surface area contributed by atoms with Gasteiger partial charge in [-0.2, -0.15) is 5.10 Å². The van der Waals surface area contributed by atoms with E-state index in [1.54, 1.807) is 0 Å². The van der Waals surface area contributed by atoms with Crippen LogP contribution in [0.15, 0.2) is 84.9 Å². The number of anilines is 2. The molecule has 0 amide bonds. The molecule has 0 N–H and O–H groups in total. The molecule has 0 saturated heterocycles. The molecule has 4 rings (SSSR count). The highest BCUT2D eigenvalue weighted by Crippen LogP contribution is 2.19. The Morgan fingerprint density at radius 1 is 0.606 bits per heavy atom. The summed E-state index contributed by atoms with van der Waals surface area (Å²) in [4.78, 5) is 4.20. The van der Waals surface area contributed by atoms with Gasteiger partial charge >= 0.3 is 0 Å². The molecule has 3 aromatic carbocycles. The topological polar surface area (TPSA) is 24.3 Å². The van der Waals surface area contributed by atoms with Gasteiger partial charge in [0.05, 0.1) is 17.1 Å². The number of aromatic nitrogens is 2. The van der Waals surface area contributed by atoms with Crippen molar-refractivity contribution in [3.8, 4) is 5.69 Å². The minimum absolute atomic E-state index is 0.915. The van der Waals surface area contributed by atoms with Crippen molar-refractivity contribution in [1.82, 2.24) is 9.78 Å². The molecular weight excluding hydrogens is 404 g/mol. The van der Waals surface area contributed by atoms with E-state index in [9.17, 15) is 0 Å². The van der Waals surface area contributed by atoms with Crippen LogP contribution in [0.3, 0.4) is 0 Å². The second-order valence-electron chi connectivity index (χ2n) is 8.38. The second kappa shape index (κ2) is 10.0. The van der Waals surface area contributed by atoms with E-state index in [0.717, 1.165) is 28.2 Å². The van der Waals surface area contributed by atoms with Crippen LogP contribution >= 0.6 is 0 Å². The number of para-hydroxylation sites is 1. The lowest BCUT2D eigenvalue weighted by molar-refractivity contribution is 0.867. The molecule has 4 nitrogen and oxygen atoms in total. The summed E-state index contributed by atoms with van der Waals surface area (Å²) in [7, 11) is 8.20. The Labute approximate surface area is 196 Å². The van der Waals surface area contributed by atoms with Crippen molar-refractivity contribution in [1.29, 1.82) is 0 Å². The second-order valence-corrected chi connectivity index (χ2v) is 8.38. The predicted molar refractivity (Wildman–Crippen MR) is 143 cm³/mol. The molecule has 0 aliphatic carbocycles. The van der Waals surface area contributed by atoms with Crippen LogP contribution in [0.4, 0.5) is 11.4 Å². The minimum Gasteiger partial charge on any atom is -0.378 e. The van der Waals surface area contributed by atoms with Crippen LogP contribution < -0.4 is 9.80 Å². The van der Waals surface area contributed by atoms with Crippen LogP contribution in [0.2, 0.25) is 0 Å². The van der Waals surface area contributed by atoms with Gasteiger partial charge in [-0.05, 0) is 65.7 Å². The maximum absolute atomic E-state index is 4.85. The highest BCUT2D eigenvalue weighted by molar-refractivity contribution is 5.74. The molecule has 0 atom stereocenters. The SMILES string of the molecule is CN(C)c1ccc(/C=C/c2cc(/C=C/c3ccc(N(C)C)cc3)n(-c3ccccc3)n2)cc1. The standard InChI is InChI=1S/C29H30N4/c1-31(2)26-17-11-23(12-18-26)10-16-25-22-29(33(30-25)28-8-6-5-7-9-28)21-15-24-13-19-27(20-14-24)32(3)4/h5-22H,1-4H3/b16-10+,21-15+. The highest BCUT2D eigenvalue weighted by Gasteiger charge is 2.06. The summed E-state index contributed by atoms with van der Waals surface area (Å²) in [5.41, 5.74) is 7.65. The molecule has 1 aromatic heterocycles. The molecular formula is C29H30N4. The molecule has 0 aliphatic heterocycles. The van der Waals surface area contributed by atoms with Gasteiger partial charge in [-0.25, -0.2) is 4.68 Å². The summed E-state index contributed by atoms with van der Waals surface area (Å²) in [6, 6.07) is 29.4. The third kappa shape index (κ3) is 5.60. The molecule has 4 heteroatoms. The minimum atomic E-state index is 0.915. The van der Waals surface area contributed by atoms with Crippen LogP contribution in [0.25, 0.3) is 30.0 Å². The summed E-state index contributed by atoms with van der Waals surface area (Å²) in [5.74, 6) is 0. The number of benzene rings is 3. The first-order valence-electron chi connectivity index (χ1n) is 11.1. The maximum Gasteiger partial charge on any atom is 0.0861 e. The van der Waals surface area contributed by atoms with Gasteiger partial charge < -0.3 is 9.80 Å². The molecule has 0 aliphatic rings. The Balaban J connectivity index is 1.61. The number of nitrogens with zero attached hydrogens (tertiary/aromatic N) is 4. The summed E-state index contributed by atoms with van der Waals surface area (Å²) >= 11 is 0. The van der Waals surface area contributed by atoms with E-state index >= 15 is 0 Å². The van der Waals surface area contributed by atoms with E-state index in [1.807, 2.05) is 37.0 Å². The van der Waals surface area contributed by atoms with E-state index in [-0.39, 0.29) is 0 Å². The maximum atomic E-state index is 4.85. The quantitative estimate of drug-likeness (QED) is 0.339. The fourth-order valence-electron chi connectivity index (χ4n) is 3.52. The monoisotopic (exact) mass is 434 g/mol. The molecule has 0 radical (unpaired) electrons. The van der Waals surface area contributed by atoms with E-state index in [1.165, 1.54) is 11.4 Å². The summed E-state index contributed by atoms with van der Waals surface area (Å²) < 4.78 is 1.99. The molecule has 0 fully saturated rings. The number of rotatable bonds is 7. The Bertz CT molecular complexity index is 1230. The smallest absolute Gasteiger partial charge is 0.0861 e. The van der Waals surface area contributed by atoms with Crippen molar-refractivity contribution in [2.75, 3.05) is 38.0 Å². The van der Waals surface area contributed by atoms with Crippen LogP contribution in [-0.4, -0.2) is 38.0 Å². The summed E-state index contributed by atoms with van der Waals surface area (Å²) in [6.45, 7) is 0. The Hall–Kier alpha value is -4.05. The van der Waals surface area contributed by atoms with Gasteiger partial charge in [0.1, 0.15) is 0 Å². The third-order valence-electron chi connectivity index (χ3n) is 5.47. The summed E-state index contributed by atoms with van der Waals surface area (Å²) in [5, 5.41) is 4.85. The van der Waals surface area contributed by atoms with Gasteiger partial charge in [0.25, 0.3) is 0 Å². The van der Waals surface area contributed by atoms with E-state index in [0.29, 0.717) is 0 Å². The van der Waals surface area contributed by atoms with Crippen molar-refractivity contribution in [3.05, 3.63) is 107 Å². The first kappa shape index (κ1) is 22.2. The molecule has 0 unspecified atom stereocenters. The molecule has 0 saturated carbocycles. The van der Waals surface area contributed by atoms with Gasteiger partial charge in [0.15, 0.2) is 0 Å². The summed E-state index contributed by atoms with van der Waals surface area (Å²) in [6.07, 6.45) is 8.41. The lowest BCUT2D eigenvalue weighted by Crippen LogP contribution is -2.07. The zero-order chi connectivity index (χ0) is 23.2. The zero-order valence-electron chi connectivity index (χ0n) is 19.7. The fourth-order valence-corrected chi connectivity index (χ4v) is 3.52. The normalized spacial score (nSPS) is 11.4. The average molecular weight is 435 g/mol. The van der Waals surface area contributed by atoms with Crippen LogP contribution in [-0.2, 0) is 0 Å². The highest BCUT2D eigenvalue weighted by atomic mass is 15.3. The zero-order valence-corrected chi connectivity index (χ0v) is 19.7. The molecule has 166 valence electrons. The molecule has 1 heterocycles.